The lowest BCUT2D eigenvalue weighted by molar-refractivity contribution is 0.00578. The molecule has 4 aromatic rings. The van der Waals surface area contributed by atoms with Crippen molar-refractivity contribution >= 4 is 12.6 Å². The van der Waals surface area contributed by atoms with Gasteiger partial charge in [0.1, 0.15) is 0 Å². The highest BCUT2D eigenvalue weighted by Gasteiger charge is 2.51. The molecule has 5 rings (SSSR count). The van der Waals surface area contributed by atoms with Crippen LogP contribution in [-0.2, 0) is 9.31 Å². The fraction of sp³-hybridized carbons (Fsp3) is 0.207. The minimum Gasteiger partial charge on any atom is -0.399 e. The molecule has 1 saturated heterocycles. The Balaban J connectivity index is 1.53. The first-order valence-corrected chi connectivity index (χ1v) is 11.4. The molecule has 3 nitrogen and oxygen atoms in total. The number of hydrogen-bond donors (Lipinski definition) is 0. The topological polar surface area (TPSA) is 31.4 Å². The van der Waals surface area contributed by atoms with Gasteiger partial charge in [0.25, 0.3) is 0 Å². The summed E-state index contributed by atoms with van der Waals surface area (Å²) in [6, 6.07) is 33.4. The summed E-state index contributed by atoms with van der Waals surface area (Å²) < 4.78 is 12.4. The van der Waals surface area contributed by atoms with Crippen molar-refractivity contribution in [3.05, 3.63) is 97.1 Å². The molecule has 3 aromatic carbocycles. The van der Waals surface area contributed by atoms with Crippen LogP contribution in [0.5, 0.6) is 0 Å². The Kier molecular flexibility index (Phi) is 5.44. The van der Waals surface area contributed by atoms with E-state index in [0.29, 0.717) is 0 Å². The van der Waals surface area contributed by atoms with Gasteiger partial charge in [-0.15, -0.1) is 0 Å². The van der Waals surface area contributed by atoms with Gasteiger partial charge in [0, 0.05) is 16.7 Å². The molecule has 1 fully saturated rings. The molecule has 0 unspecified atom stereocenters. The van der Waals surface area contributed by atoms with Crippen molar-refractivity contribution in [2.75, 3.05) is 0 Å². The van der Waals surface area contributed by atoms with E-state index in [1.807, 2.05) is 24.3 Å². The zero-order chi connectivity index (χ0) is 23.1. The van der Waals surface area contributed by atoms with E-state index in [0.717, 1.165) is 39.1 Å². The third-order valence-electron chi connectivity index (χ3n) is 6.76. The molecule has 0 N–H and O–H groups in total. The van der Waals surface area contributed by atoms with Crippen molar-refractivity contribution < 1.29 is 9.31 Å². The maximum absolute atomic E-state index is 6.22. The number of aromatic nitrogens is 1. The summed E-state index contributed by atoms with van der Waals surface area (Å²) in [7, 11) is -0.365. The zero-order valence-corrected chi connectivity index (χ0v) is 19.6. The highest BCUT2D eigenvalue weighted by molar-refractivity contribution is 6.62. The van der Waals surface area contributed by atoms with Crippen LogP contribution in [-0.4, -0.2) is 23.3 Å². The van der Waals surface area contributed by atoms with E-state index >= 15 is 0 Å². The van der Waals surface area contributed by atoms with Gasteiger partial charge in [0.2, 0.25) is 0 Å². The molecule has 4 heteroatoms. The molecule has 1 aliphatic heterocycles. The Labute approximate surface area is 196 Å². The number of hydrogen-bond acceptors (Lipinski definition) is 3. The van der Waals surface area contributed by atoms with Gasteiger partial charge >= 0.3 is 7.12 Å². The number of benzene rings is 3. The molecule has 2 heterocycles. The van der Waals surface area contributed by atoms with Crippen molar-refractivity contribution in [1.29, 1.82) is 0 Å². The molecule has 0 saturated carbocycles. The van der Waals surface area contributed by atoms with E-state index in [4.69, 9.17) is 14.3 Å². The Hall–Kier alpha value is -3.21. The Morgan fingerprint density at radius 3 is 1.70 bits per heavy atom. The standard InChI is InChI=1S/C29H28BNO2/c1-28(2)29(3,4)33-30(32-28)24-17-15-21(16-18-24)25-19-20-26(22-11-7-5-8-12-22)31-27(25)23-13-9-6-10-14-23/h5-20H,1-4H3. The van der Waals surface area contributed by atoms with E-state index in [-0.39, 0.29) is 18.3 Å². The van der Waals surface area contributed by atoms with Crippen LogP contribution in [0, 0.1) is 0 Å². The molecule has 0 radical (unpaired) electrons. The van der Waals surface area contributed by atoms with Gasteiger partial charge in [-0.25, -0.2) is 4.98 Å². The highest BCUT2D eigenvalue weighted by atomic mass is 16.7. The Morgan fingerprint density at radius 1 is 0.576 bits per heavy atom. The van der Waals surface area contributed by atoms with Gasteiger partial charge in [0.15, 0.2) is 0 Å². The average Bonchev–Trinajstić information content (AvgIpc) is 3.06. The Bertz CT molecular complexity index is 1240. The third-order valence-corrected chi connectivity index (χ3v) is 6.76. The van der Waals surface area contributed by atoms with Crippen LogP contribution in [0.1, 0.15) is 27.7 Å². The monoisotopic (exact) mass is 433 g/mol. The molecule has 33 heavy (non-hydrogen) atoms. The van der Waals surface area contributed by atoms with Gasteiger partial charge in [-0.3, -0.25) is 0 Å². The van der Waals surface area contributed by atoms with Crippen molar-refractivity contribution in [2.45, 2.75) is 38.9 Å². The molecule has 0 amide bonds. The smallest absolute Gasteiger partial charge is 0.399 e. The number of nitrogens with zero attached hydrogens (tertiary/aromatic N) is 1. The molecule has 1 aliphatic rings. The van der Waals surface area contributed by atoms with Crippen LogP contribution < -0.4 is 5.46 Å². The normalized spacial score (nSPS) is 16.7. The molecule has 164 valence electrons. The first-order chi connectivity index (χ1) is 15.8. The molecule has 0 spiro atoms. The lowest BCUT2D eigenvalue weighted by Gasteiger charge is -2.32. The van der Waals surface area contributed by atoms with Crippen LogP contribution >= 0.6 is 0 Å². The van der Waals surface area contributed by atoms with Gasteiger partial charge in [-0.2, -0.15) is 0 Å². The fourth-order valence-corrected chi connectivity index (χ4v) is 4.08. The maximum atomic E-state index is 6.22. The van der Waals surface area contributed by atoms with Crippen molar-refractivity contribution in [3.63, 3.8) is 0 Å². The highest BCUT2D eigenvalue weighted by Crippen LogP contribution is 2.37. The van der Waals surface area contributed by atoms with Crippen molar-refractivity contribution in [2.24, 2.45) is 0 Å². The summed E-state index contributed by atoms with van der Waals surface area (Å²) in [5, 5.41) is 0. The van der Waals surface area contributed by atoms with Crippen LogP contribution in [0.4, 0.5) is 0 Å². The van der Waals surface area contributed by atoms with Crippen LogP contribution in [0.25, 0.3) is 33.6 Å². The quantitative estimate of drug-likeness (QED) is 0.350. The van der Waals surface area contributed by atoms with Crippen LogP contribution in [0.3, 0.4) is 0 Å². The minimum absolute atomic E-state index is 0.353. The van der Waals surface area contributed by atoms with E-state index < -0.39 is 0 Å². The third kappa shape index (κ3) is 4.12. The first kappa shape index (κ1) is 21.6. The number of rotatable bonds is 4. The average molecular weight is 433 g/mol. The van der Waals surface area contributed by atoms with E-state index in [1.54, 1.807) is 0 Å². The molecule has 1 aromatic heterocycles. The van der Waals surface area contributed by atoms with Crippen LogP contribution in [0.15, 0.2) is 97.1 Å². The van der Waals surface area contributed by atoms with Crippen molar-refractivity contribution in [1.82, 2.24) is 4.98 Å². The van der Waals surface area contributed by atoms with Gasteiger partial charge in [-0.1, -0.05) is 91.0 Å². The molecule has 0 aliphatic carbocycles. The summed E-state index contributed by atoms with van der Waals surface area (Å²) in [5.74, 6) is 0. The second-order valence-electron chi connectivity index (χ2n) is 9.53. The summed E-state index contributed by atoms with van der Waals surface area (Å²) in [6.07, 6.45) is 0. The van der Waals surface area contributed by atoms with E-state index in [1.165, 1.54) is 0 Å². The molecule has 0 bridgehead atoms. The maximum Gasteiger partial charge on any atom is 0.494 e. The summed E-state index contributed by atoms with van der Waals surface area (Å²) >= 11 is 0. The predicted molar refractivity (Wildman–Crippen MR) is 136 cm³/mol. The SMILES string of the molecule is CC1(C)OB(c2ccc(-c3ccc(-c4ccccc4)nc3-c3ccccc3)cc2)OC1(C)C. The fourth-order valence-electron chi connectivity index (χ4n) is 4.08. The molecular weight excluding hydrogens is 405 g/mol. The largest absolute Gasteiger partial charge is 0.494 e. The summed E-state index contributed by atoms with van der Waals surface area (Å²) in [6.45, 7) is 8.31. The minimum atomic E-state index is -0.365. The van der Waals surface area contributed by atoms with Crippen LogP contribution in [0.2, 0.25) is 0 Å². The zero-order valence-electron chi connectivity index (χ0n) is 19.6. The molecule has 0 atom stereocenters. The van der Waals surface area contributed by atoms with Gasteiger partial charge in [-0.05, 0) is 44.8 Å². The molecular formula is C29H28BNO2. The second-order valence-corrected chi connectivity index (χ2v) is 9.53. The lowest BCUT2D eigenvalue weighted by atomic mass is 9.78. The predicted octanol–water partition coefficient (Wildman–Crippen LogP) is 6.38. The van der Waals surface area contributed by atoms with Gasteiger partial charge < -0.3 is 9.31 Å². The summed E-state index contributed by atoms with van der Waals surface area (Å²) in [5.41, 5.74) is 6.67. The first-order valence-electron chi connectivity index (χ1n) is 11.4. The lowest BCUT2D eigenvalue weighted by Crippen LogP contribution is -2.41. The van der Waals surface area contributed by atoms with E-state index in [2.05, 4.69) is 100 Å². The van der Waals surface area contributed by atoms with Crippen molar-refractivity contribution in [3.8, 4) is 33.6 Å². The Morgan fingerprint density at radius 2 is 1.12 bits per heavy atom. The number of pyridine rings is 1. The second kappa shape index (κ2) is 8.29. The summed E-state index contributed by atoms with van der Waals surface area (Å²) in [4.78, 5) is 5.08. The van der Waals surface area contributed by atoms with E-state index in [9.17, 15) is 0 Å². The van der Waals surface area contributed by atoms with Gasteiger partial charge in [0.05, 0.1) is 22.6 Å².